The van der Waals surface area contributed by atoms with E-state index in [0.717, 1.165) is 24.1 Å². The molecule has 1 fully saturated rings. The molecule has 174 valence electrons. The first-order valence-electron chi connectivity index (χ1n) is 10.5. The average molecular weight is 490 g/mol. The second-order valence-corrected chi connectivity index (χ2v) is 9.90. The fraction of sp³-hybridized carbons (Fsp3) is 0.318. The third-order valence-corrected chi connectivity index (χ3v) is 7.34. The highest BCUT2D eigenvalue weighted by Gasteiger charge is 2.24. The van der Waals surface area contributed by atoms with Crippen LogP contribution in [0.3, 0.4) is 0 Å². The molecule has 0 radical (unpaired) electrons. The van der Waals surface area contributed by atoms with Gasteiger partial charge in [-0.2, -0.15) is 5.10 Å². The van der Waals surface area contributed by atoms with E-state index >= 15 is 0 Å². The molecule has 2 N–H and O–H groups in total. The van der Waals surface area contributed by atoms with Crippen molar-refractivity contribution in [3.05, 3.63) is 71.3 Å². The summed E-state index contributed by atoms with van der Waals surface area (Å²) in [4.78, 5) is 16.6. The fourth-order valence-electron chi connectivity index (χ4n) is 3.56. The molecule has 9 nitrogen and oxygen atoms in total. The average Bonchev–Trinajstić information content (AvgIpc) is 3.52. The molecule has 1 saturated heterocycles. The first-order chi connectivity index (χ1) is 15.8. The molecule has 0 spiro atoms. The minimum Gasteiger partial charge on any atom is -0.377 e. The second kappa shape index (κ2) is 10.0. The van der Waals surface area contributed by atoms with Gasteiger partial charge in [-0.1, -0.05) is 23.7 Å². The molecule has 33 heavy (non-hydrogen) atoms. The van der Waals surface area contributed by atoms with Crippen molar-refractivity contribution in [2.24, 2.45) is 0 Å². The highest BCUT2D eigenvalue weighted by Crippen LogP contribution is 2.24. The van der Waals surface area contributed by atoms with E-state index in [1.165, 1.54) is 24.5 Å². The number of ether oxygens (including phenoxy) is 1. The summed E-state index contributed by atoms with van der Waals surface area (Å²) < 4.78 is 35.1. The summed E-state index contributed by atoms with van der Waals surface area (Å²) in [7, 11) is -3.90. The van der Waals surface area contributed by atoms with Gasteiger partial charge in [-0.15, -0.1) is 0 Å². The first-order valence-corrected chi connectivity index (χ1v) is 12.4. The lowest BCUT2D eigenvalue weighted by Crippen LogP contribution is -2.32. The third kappa shape index (κ3) is 5.59. The molecule has 11 heteroatoms. The van der Waals surface area contributed by atoms with Gasteiger partial charge in [0.15, 0.2) is 0 Å². The van der Waals surface area contributed by atoms with E-state index in [-0.39, 0.29) is 34.2 Å². The Hall–Kier alpha value is -2.79. The van der Waals surface area contributed by atoms with Crippen LogP contribution in [0.15, 0.2) is 60.0 Å². The van der Waals surface area contributed by atoms with E-state index < -0.39 is 15.9 Å². The van der Waals surface area contributed by atoms with Gasteiger partial charge in [0.25, 0.3) is 5.91 Å². The number of hydrogen-bond acceptors (Lipinski definition) is 6. The number of carbonyl (C=O) groups is 1. The number of amides is 1. The smallest absolute Gasteiger partial charge is 0.251 e. The number of nitrogens with zero attached hydrogens (tertiary/aromatic N) is 3. The number of sulfonamides is 1. The van der Waals surface area contributed by atoms with Gasteiger partial charge >= 0.3 is 0 Å². The molecular formula is C22H24ClN5O4S. The molecule has 2 heterocycles. The molecule has 1 aliphatic heterocycles. The Morgan fingerprint density at radius 3 is 2.73 bits per heavy atom. The predicted octanol–water partition coefficient (Wildman–Crippen LogP) is 2.87. The summed E-state index contributed by atoms with van der Waals surface area (Å²) in [6.45, 7) is 2.64. The molecule has 2 atom stereocenters. The molecule has 0 unspecified atom stereocenters. The Balaban J connectivity index is 1.44. The highest BCUT2D eigenvalue weighted by atomic mass is 35.5. The second-order valence-electron chi connectivity index (χ2n) is 7.76. The summed E-state index contributed by atoms with van der Waals surface area (Å²) in [5, 5.41) is 7.02. The summed E-state index contributed by atoms with van der Waals surface area (Å²) in [5.41, 5.74) is 1.92. The molecule has 1 aromatic heterocycles. The van der Waals surface area contributed by atoms with Crippen LogP contribution in [0.4, 0.5) is 0 Å². The zero-order chi connectivity index (χ0) is 23.4. The summed E-state index contributed by atoms with van der Waals surface area (Å²) in [5.74, 6) is -0.407. The molecule has 0 saturated carbocycles. The first kappa shape index (κ1) is 23.4. The normalized spacial score (nSPS) is 17.1. The summed E-state index contributed by atoms with van der Waals surface area (Å²) in [6.07, 6.45) is 4.61. The van der Waals surface area contributed by atoms with Crippen molar-refractivity contribution in [2.75, 3.05) is 13.2 Å². The number of carbonyl (C=O) groups excluding carboxylic acids is 1. The van der Waals surface area contributed by atoms with Gasteiger partial charge in [0.2, 0.25) is 10.0 Å². The molecule has 2 aromatic carbocycles. The van der Waals surface area contributed by atoms with Crippen molar-refractivity contribution >= 4 is 27.5 Å². The summed E-state index contributed by atoms with van der Waals surface area (Å²) in [6, 6.07) is 11.4. The van der Waals surface area contributed by atoms with Crippen LogP contribution in [0.2, 0.25) is 5.02 Å². The molecule has 1 amide bonds. The standard InChI is InChI=1S/C22H24ClN5O4S/c1-15(16-4-7-18(8-5-16)28-14-24-13-25-28)27-22(29)17-6-9-20(23)21(11-17)33(30,31)26-12-19-3-2-10-32-19/h4-9,11,13-15,19,26H,2-3,10,12H2,1H3,(H,27,29)/t15-,19+/m1/s1. The molecule has 4 rings (SSSR count). The Morgan fingerprint density at radius 1 is 1.27 bits per heavy atom. The maximum atomic E-state index is 12.8. The molecule has 0 aliphatic carbocycles. The third-order valence-electron chi connectivity index (χ3n) is 5.43. The van der Waals surface area contributed by atoms with Gasteiger partial charge in [0.05, 0.1) is 22.9 Å². The minimum atomic E-state index is -3.90. The Bertz CT molecular complexity index is 1210. The van der Waals surface area contributed by atoms with Crippen molar-refractivity contribution in [1.29, 1.82) is 0 Å². The number of nitrogens with one attached hydrogen (secondary N) is 2. The van der Waals surface area contributed by atoms with Gasteiger partial charge < -0.3 is 10.1 Å². The lowest BCUT2D eigenvalue weighted by atomic mass is 10.1. The lowest BCUT2D eigenvalue weighted by Gasteiger charge is -2.16. The van der Waals surface area contributed by atoms with E-state index in [1.54, 1.807) is 11.0 Å². The Kier molecular flexibility index (Phi) is 7.08. The van der Waals surface area contributed by atoms with E-state index in [2.05, 4.69) is 20.1 Å². The van der Waals surface area contributed by atoms with Crippen molar-refractivity contribution < 1.29 is 17.9 Å². The number of benzene rings is 2. The fourth-order valence-corrected chi connectivity index (χ4v) is 5.15. The summed E-state index contributed by atoms with van der Waals surface area (Å²) >= 11 is 6.15. The zero-order valence-corrected chi connectivity index (χ0v) is 19.5. The molecule has 0 bridgehead atoms. The number of rotatable bonds is 8. The highest BCUT2D eigenvalue weighted by molar-refractivity contribution is 7.89. The van der Waals surface area contributed by atoms with Crippen molar-refractivity contribution in [3.8, 4) is 5.69 Å². The van der Waals surface area contributed by atoms with E-state index in [9.17, 15) is 13.2 Å². The molecule has 3 aromatic rings. The zero-order valence-electron chi connectivity index (χ0n) is 17.9. The topological polar surface area (TPSA) is 115 Å². The number of aromatic nitrogens is 3. The van der Waals surface area contributed by atoms with Crippen molar-refractivity contribution in [2.45, 2.75) is 36.8 Å². The van der Waals surface area contributed by atoms with Gasteiger partial charge in [0.1, 0.15) is 17.6 Å². The van der Waals surface area contributed by atoms with Gasteiger partial charge in [-0.05, 0) is 55.7 Å². The maximum absolute atomic E-state index is 12.8. The predicted molar refractivity (Wildman–Crippen MR) is 123 cm³/mol. The van der Waals surface area contributed by atoms with Crippen LogP contribution in [0.25, 0.3) is 5.69 Å². The quantitative estimate of drug-likeness (QED) is 0.502. The van der Waals surface area contributed by atoms with E-state index in [1.807, 2.05) is 31.2 Å². The Morgan fingerprint density at radius 2 is 2.06 bits per heavy atom. The molecule has 1 aliphatic rings. The van der Waals surface area contributed by atoms with E-state index in [0.29, 0.717) is 6.61 Å². The van der Waals surface area contributed by atoms with Crippen LogP contribution in [-0.4, -0.2) is 48.3 Å². The minimum absolute atomic E-state index is 0.0446. The van der Waals surface area contributed by atoms with Crippen LogP contribution in [0.1, 0.15) is 41.7 Å². The monoisotopic (exact) mass is 489 g/mol. The van der Waals surface area contributed by atoms with Crippen molar-refractivity contribution in [3.63, 3.8) is 0 Å². The van der Waals surface area contributed by atoms with Crippen LogP contribution in [0, 0.1) is 0 Å². The number of hydrogen-bond donors (Lipinski definition) is 2. The van der Waals surface area contributed by atoms with Gasteiger partial charge in [0, 0.05) is 18.7 Å². The number of halogens is 1. The Labute approximate surface area is 197 Å². The lowest BCUT2D eigenvalue weighted by molar-refractivity contribution is 0.0939. The van der Waals surface area contributed by atoms with Crippen LogP contribution >= 0.6 is 11.6 Å². The maximum Gasteiger partial charge on any atom is 0.251 e. The largest absolute Gasteiger partial charge is 0.377 e. The van der Waals surface area contributed by atoms with Crippen LogP contribution < -0.4 is 10.0 Å². The van der Waals surface area contributed by atoms with Crippen LogP contribution in [0.5, 0.6) is 0 Å². The van der Waals surface area contributed by atoms with Gasteiger partial charge in [-0.3, -0.25) is 4.79 Å². The van der Waals surface area contributed by atoms with Gasteiger partial charge in [-0.25, -0.2) is 22.8 Å². The van der Waals surface area contributed by atoms with Crippen LogP contribution in [-0.2, 0) is 14.8 Å². The van der Waals surface area contributed by atoms with E-state index in [4.69, 9.17) is 16.3 Å². The SMILES string of the molecule is C[C@@H](NC(=O)c1ccc(Cl)c(S(=O)(=O)NC[C@@H]2CCCO2)c1)c1ccc(-n2cncn2)cc1. The van der Waals surface area contributed by atoms with Crippen molar-refractivity contribution in [1.82, 2.24) is 24.8 Å². The molecular weight excluding hydrogens is 466 g/mol.